The van der Waals surface area contributed by atoms with Crippen molar-refractivity contribution in [2.24, 2.45) is 0 Å². The molecule has 0 aliphatic heterocycles. The molecule has 18 heavy (non-hydrogen) atoms. The van der Waals surface area contributed by atoms with Crippen LogP contribution in [0.15, 0.2) is 54.6 Å². The van der Waals surface area contributed by atoms with Crippen LogP contribution in [0.25, 0.3) is 11.1 Å². The van der Waals surface area contributed by atoms with Crippen LogP contribution in [-0.4, -0.2) is 17.8 Å². The van der Waals surface area contributed by atoms with Gasteiger partial charge in [-0.1, -0.05) is 55.5 Å². The summed E-state index contributed by atoms with van der Waals surface area (Å²) in [6.45, 7) is 2.57. The van der Waals surface area contributed by atoms with Gasteiger partial charge in [0.1, 0.15) is 0 Å². The molecule has 1 atom stereocenters. The quantitative estimate of drug-likeness (QED) is 0.839. The first kappa shape index (κ1) is 12.7. The van der Waals surface area contributed by atoms with Gasteiger partial charge in [-0.25, -0.2) is 0 Å². The third-order valence-corrected chi connectivity index (χ3v) is 3.01. The lowest BCUT2D eigenvalue weighted by Gasteiger charge is -2.14. The highest BCUT2D eigenvalue weighted by Gasteiger charge is 2.05. The Labute approximate surface area is 108 Å². The first-order chi connectivity index (χ1) is 8.81. The summed E-state index contributed by atoms with van der Waals surface area (Å²) >= 11 is 0. The minimum absolute atomic E-state index is 0.297. The van der Waals surface area contributed by atoms with Crippen LogP contribution in [0.1, 0.15) is 13.3 Å². The standard InChI is InChI=1S/C16H19NO/c1-2-14(18)12-17-16-11-7-6-10-15(16)13-8-4-3-5-9-13/h3-11,14,17-18H,2,12H2,1H3. The zero-order chi connectivity index (χ0) is 12.8. The van der Waals surface area contributed by atoms with Crippen molar-refractivity contribution < 1.29 is 5.11 Å². The SMILES string of the molecule is CCC(O)CNc1ccccc1-c1ccccc1. The van der Waals surface area contributed by atoms with Crippen molar-refractivity contribution >= 4 is 5.69 Å². The predicted octanol–water partition coefficient (Wildman–Crippen LogP) is 3.54. The average Bonchev–Trinajstić information content (AvgIpc) is 2.46. The zero-order valence-electron chi connectivity index (χ0n) is 10.6. The number of nitrogens with one attached hydrogen (secondary N) is 1. The van der Waals surface area contributed by atoms with Crippen molar-refractivity contribution in [1.29, 1.82) is 0 Å². The second-order valence-electron chi connectivity index (χ2n) is 4.35. The molecule has 2 N–H and O–H groups in total. The molecule has 0 amide bonds. The van der Waals surface area contributed by atoms with Gasteiger partial charge in [-0.2, -0.15) is 0 Å². The van der Waals surface area contributed by atoms with Crippen LogP contribution in [-0.2, 0) is 0 Å². The van der Waals surface area contributed by atoms with E-state index in [9.17, 15) is 5.11 Å². The number of hydrogen-bond acceptors (Lipinski definition) is 2. The molecule has 1 unspecified atom stereocenters. The van der Waals surface area contributed by atoms with E-state index in [1.165, 1.54) is 11.1 Å². The van der Waals surface area contributed by atoms with Gasteiger partial charge in [0.15, 0.2) is 0 Å². The molecule has 0 heterocycles. The Morgan fingerprint density at radius 3 is 2.39 bits per heavy atom. The Hall–Kier alpha value is -1.80. The highest BCUT2D eigenvalue weighted by molar-refractivity contribution is 5.77. The molecule has 2 nitrogen and oxygen atoms in total. The molecule has 0 saturated heterocycles. The molecule has 2 rings (SSSR count). The van der Waals surface area contributed by atoms with E-state index in [1.807, 2.05) is 43.3 Å². The average molecular weight is 241 g/mol. The highest BCUT2D eigenvalue weighted by atomic mass is 16.3. The van der Waals surface area contributed by atoms with E-state index in [0.717, 1.165) is 12.1 Å². The van der Waals surface area contributed by atoms with Crippen molar-refractivity contribution in [3.8, 4) is 11.1 Å². The van der Waals surface area contributed by atoms with Crippen molar-refractivity contribution in [3.63, 3.8) is 0 Å². The van der Waals surface area contributed by atoms with Crippen LogP contribution in [0.5, 0.6) is 0 Å². The number of rotatable bonds is 5. The molecule has 0 fully saturated rings. The van der Waals surface area contributed by atoms with Crippen LogP contribution in [0, 0.1) is 0 Å². The van der Waals surface area contributed by atoms with Gasteiger partial charge in [-0.15, -0.1) is 0 Å². The van der Waals surface area contributed by atoms with Crippen LogP contribution >= 0.6 is 0 Å². The summed E-state index contributed by atoms with van der Waals surface area (Å²) in [6, 6.07) is 18.4. The fraction of sp³-hybridized carbons (Fsp3) is 0.250. The molecule has 0 aliphatic carbocycles. The molecule has 0 aliphatic rings. The lowest BCUT2D eigenvalue weighted by Crippen LogP contribution is -2.18. The molecule has 94 valence electrons. The monoisotopic (exact) mass is 241 g/mol. The number of hydrogen-bond donors (Lipinski definition) is 2. The van der Waals surface area contributed by atoms with E-state index in [2.05, 4.69) is 23.5 Å². The van der Waals surface area contributed by atoms with Crippen LogP contribution < -0.4 is 5.32 Å². The summed E-state index contributed by atoms with van der Waals surface area (Å²) in [6.07, 6.45) is 0.467. The maximum atomic E-state index is 9.62. The molecule has 0 bridgehead atoms. The van der Waals surface area contributed by atoms with Crippen molar-refractivity contribution in [2.75, 3.05) is 11.9 Å². The molecule has 0 spiro atoms. The maximum absolute atomic E-state index is 9.62. The third kappa shape index (κ3) is 3.11. The zero-order valence-corrected chi connectivity index (χ0v) is 10.6. The Bertz CT molecular complexity index is 481. The summed E-state index contributed by atoms with van der Waals surface area (Å²) < 4.78 is 0. The Balaban J connectivity index is 2.21. The molecule has 0 radical (unpaired) electrons. The number of anilines is 1. The first-order valence-electron chi connectivity index (χ1n) is 6.37. The Morgan fingerprint density at radius 2 is 1.67 bits per heavy atom. The third-order valence-electron chi connectivity index (χ3n) is 3.01. The van der Waals surface area contributed by atoms with E-state index >= 15 is 0 Å². The molecule has 0 aromatic heterocycles. The van der Waals surface area contributed by atoms with Gasteiger partial charge in [0.25, 0.3) is 0 Å². The van der Waals surface area contributed by atoms with E-state index in [1.54, 1.807) is 0 Å². The van der Waals surface area contributed by atoms with E-state index in [4.69, 9.17) is 0 Å². The van der Waals surface area contributed by atoms with Crippen molar-refractivity contribution in [1.82, 2.24) is 0 Å². The first-order valence-corrected chi connectivity index (χ1v) is 6.37. The molecule has 2 aromatic rings. The molecule has 2 heteroatoms. The lowest BCUT2D eigenvalue weighted by atomic mass is 10.0. The fourth-order valence-electron chi connectivity index (χ4n) is 1.88. The van der Waals surface area contributed by atoms with Gasteiger partial charge in [-0.3, -0.25) is 0 Å². The van der Waals surface area contributed by atoms with Crippen molar-refractivity contribution in [2.45, 2.75) is 19.4 Å². The summed E-state index contributed by atoms with van der Waals surface area (Å²) in [5.74, 6) is 0. The van der Waals surface area contributed by atoms with Gasteiger partial charge in [0.05, 0.1) is 6.10 Å². The minimum Gasteiger partial charge on any atom is -0.391 e. The van der Waals surface area contributed by atoms with Crippen LogP contribution in [0.2, 0.25) is 0 Å². The maximum Gasteiger partial charge on any atom is 0.0709 e. The summed E-state index contributed by atoms with van der Waals surface area (Å²) in [4.78, 5) is 0. The normalized spacial score (nSPS) is 12.1. The lowest BCUT2D eigenvalue weighted by molar-refractivity contribution is 0.183. The summed E-state index contributed by atoms with van der Waals surface area (Å²) in [5, 5.41) is 12.9. The van der Waals surface area contributed by atoms with Gasteiger partial charge < -0.3 is 10.4 Å². The van der Waals surface area contributed by atoms with Gasteiger partial charge >= 0.3 is 0 Å². The number of aliphatic hydroxyl groups is 1. The molecule has 2 aromatic carbocycles. The van der Waals surface area contributed by atoms with Gasteiger partial charge in [0, 0.05) is 17.8 Å². The second-order valence-corrected chi connectivity index (χ2v) is 4.35. The minimum atomic E-state index is -0.297. The smallest absolute Gasteiger partial charge is 0.0709 e. The predicted molar refractivity (Wildman–Crippen MR) is 76.7 cm³/mol. The number of benzene rings is 2. The highest BCUT2D eigenvalue weighted by Crippen LogP contribution is 2.27. The van der Waals surface area contributed by atoms with Crippen LogP contribution in [0.3, 0.4) is 0 Å². The Kier molecular flexibility index (Phi) is 4.37. The largest absolute Gasteiger partial charge is 0.391 e. The van der Waals surface area contributed by atoms with E-state index in [-0.39, 0.29) is 6.10 Å². The van der Waals surface area contributed by atoms with Crippen molar-refractivity contribution in [3.05, 3.63) is 54.6 Å². The topological polar surface area (TPSA) is 32.3 Å². The number of para-hydroxylation sites is 1. The molecular weight excluding hydrogens is 222 g/mol. The Morgan fingerprint density at radius 1 is 1.00 bits per heavy atom. The summed E-state index contributed by atoms with van der Waals surface area (Å²) in [7, 11) is 0. The van der Waals surface area contributed by atoms with E-state index < -0.39 is 0 Å². The van der Waals surface area contributed by atoms with Gasteiger partial charge in [-0.05, 0) is 18.1 Å². The second kappa shape index (κ2) is 6.22. The van der Waals surface area contributed by atoms with E-state index in [0.29, 0.717) is 6.54 Å². The summed E-state index contributed by atoms with van der Waals surface area (Å²) in [5.41, 5.74) is 3.42. The fourth-order valence-corrected chi connectivity index (χ4v) is 1.88. The molecule has 0 saturated carbocycles. The molecular formula is C16H19NO. The van der Waals surface area contributed by atoms with Gasteiger partial charge in [0.2, 0.25) is 0 Å². The number of aliphatic hydroxyl groups excluding tert-OH is 1. The van der Waals surface area contributed by atoms with Crippen LogP contribution in [0.4, 0.5) is 5.69 Å².